The van der Waals surface area contributed by atoms with Crippen LogP contribution in [0.3, 0.4) is 0 Å². The van der Waals surface area contributed by atoms with Gasteiger partial charge in [0.25, 0.3) is 5.91 Å². The summed E-state index contributed by atoms with van der Waals surface area (Å²) in [5, 5.41) is 26.9. The van der Waals surface area contributed by atoms with Crippen LogP contribution in [0.2, 0.25) is 5.02 Å². The molecule has 1 amide bonds. The quantitative estimate of drug-likeness (QED) is 0.291. The van der Waals surface area contributed by atoms with E-state index >= 15 is 8.78 Å². The van der Waals surface area contributed by atoms with Gasteiger partial charge in [-0.2, -0.15) is 0 Å². The number of aliphatic hydroxyl groups is 2. The first-order valence-corrected chi connectivity index (χ1v) is 14.9. The van der Waals surface area contributed by atoms with Crippen molar-refractivity contribution in [2.24, 2.45) is 0 Å². The van der Waals surface area contributed by atoms with Crippen molar-refractivity contribution in [1.29, 1.82) is 0 Å². The number of hydrogen-bond acceptors (Lipinski definition) is 5. The lowest BCUT2D eigenvalue weighted by Crippen LogP contribution is -2.48. The summed E-state index contributed by atoms with van der Waals surface area (Å²) in [7, 11) is 1.45. The number of carbonyl (C=O) groups is 1. The molecule has 2 atom stereocenters. The zero-order chi connectivity index (χ0) is 29.8. The molecule has 4 N–H and O–H groups in total. The van der Waals surface area contributed by atoms with Crippen LogP contribution in [0, 0.1) is 11.6 Å². The number of nitrogens with one attached hydrogen (secondary N) is 2. The average Bonchev–Trinajstić information content (AvgIpc) is 3.54. The number of hydrogen-bond donors (Lipinski definition) is 4. The monoisotopic (exact) mass is 596 g/mol. The summed E-state index contributed by atoms with van der Waals surface area (Å²) in [6.07, 6.45) is 2.93. The van der Waals surface area contributed by atoms with Crippen molar-refractivity contribution in [3.63, 3.8) is 0 Å². The van der Waals surface area contributed by atoms with Gasteiger partial charge in [-0.1, -0.05) is 41.9 Å². The Labute approximate surface area is 249 Å². The number of aryl methyl sites for hydroxylation is 1. The van der Waals surface area contributed by atoms with Crippen molar-refractivity contribution in [3.05, 3.63) is 86.9 Å². The average molecular weight is 597 g/mol. The Morgan fingerprint density at radius 2 is 1.83 bits per heavy atom. The summed E-state index contributed by atoms with van der Waals surface area (Å²) >= 11 is 6.62. The van der Waals surface area contributed by atoms with Crippen LogP contribution in [0.1, 0.15) is 77.7 Å². The van der Waals surface area contributed by atoms with Gasteiger partial charge in [0.05, 0.1) is 22.3 Å². The van der Waals surface area contributed by atoms with Crippen LogP contribution >= 0.6 is 11.6 Å². The molecule has 9 heteroatoms. The molecule has 0 aromatic heterocycles. The molecule has 1 fully saturated rings. The lowest BCUT2D eigenvalue weighted by Gasteiger charge is -2.36. The molecular weight excluding hydrogens is 562 g/mol. The second-order valence-electron chi connectivity index (χ2n) is 12.1. The van der Waals surface area contributed by atoms with Crippen molar-refractivity contribution >= 4 is 17.5 Å². The fourth-order valence-electron chi connectivity index (χ4n) is 6.84. The molecule has 1 aliphatic heterocycles. The van der Waals surface area contributed by atoms with Crippen LogP contribution in [0.5, 0.6) is 5.75 Å². The molecule has 0 unspecified atom stereocenters. The summed E-state index contributed by atoms with van der Waals surface area (Å²) in [6.45, 7) is 2.24. The molecule has 3 aromatic carbocycles. The number of aliphatic hydroxyl groups excluding tert-OH is 1. The molecule has 0 bridgehead atoms. The van der Waals surface area contributed by atoms with Gasteiger partial charge in [0.1, 0.15) is 17.4 Å². The Bertz CT molecular complexity index is 1540. The van der Waals surface area contributed by atoms with Crippen LogP contribution in [-0.4, -0.2) is 41.4 Å². The third-order valence-corrected chi connectivity index (χ3v) is 9.59. The Morgan fingerprint density at radius 3 is 2.52 bits per heavy atom. The minimum atomic E-state index is -1.03. The summed E-state index contributed by atoms with van der Waals surface area (Å²) in [5.41, 5.74) is 0.351. The maximum absolute atomic E-state index is 16.4. The van der Waals surface area contributed by atoms with Crippen LogP contribution in [0.15, 0.2) is 42.5 Å². The van der Waals surface area contributed by atoms with Gasteiger partial charge < -0.3 is 25.6 Å². The van der Waals surface area contributed by atoms with Crippen LogP contribution in [-0.2, 0) is 18.4 Å². The normalized spacial score (nSPS) is 26.5. The van der Waals surface area contributed by atoms with Crippen LogP contribution in [0.4, 0.5) is 8.78 Å². The topological polar surface area (TPSA) is 90.8 Å². The van der Waals surface area contributed by atoms with Crippen molar-refractivity contribution in [1.82, 2.24) is 10.6 Å². The molecule has 3 aliphatic rings. The van der Waals surface area contributed by atoms with Gasteiger partial charge in [0, 0.05) is 54.4 Å². The summed E-state index contributed by atoms with van der Waals surface area (Å²) in [5.74, 6) is -1.87. The van der Waals surface area contributed by atoms with Crippen LogP contribution in [0.25, 0.3) is 11.1 Å². The summed E-state index contributed by atoms with van der Waals surface area (Å²) < 4.78 is 38.5. The Morgan fingerprint density at radius 1 is 1.12 bits per heavy atom. The molecule has 0 radical (unpaired) electrons. The first-order chi connectivity index (χ1) is 20.0. The van der Waals surface area contributed by atoms with Gasteiger partial charge in [0.15, 0.2) is 5.60 Å². The lowest BCUT2D eigenvalue weighted by molar-refractivity contribution is 0.0104. The zero-order valence-corrected chi connectivity index (χ0v) is 24.5. The maximum atomic E-state index is 16.4. The number of carbonyl (C=O) groups excluding carboxylic acids is 1. The molecule has 222 valence electrons. The fourth-order valence-corrected chi connectivity index (χ4v) is 7.10. The third kappa shape index (κ3) is 4.98. The van der Waals surface area contributed by atoms with Crippen molar-refractivity contribution in [2.45, 2.75) is 75.2 Å². The molecule has 6 nitrogen and oxygen atoms in total. The number of ether oxygens (including phenoxy) is 1. The van der Waals surface area contributed by atoms with Crippen molar-refractivity contribution in [2.75, 3.05) is 13.6 Å². The molecule has 6 rings (SSSR count). The first-order valence-electron chi connectivity index (χ1n) is 14.5. The highest BCUT2D eigenvalue weighted by Crippen LogP contribution is 2.51. The van der Waals surface area contributed by atoms with Gasteiger partial charge >= 0.3 is 0 Å². The highest BCUT2D eigenvalue weighted by atomic mass is 35.5. The molecule has 3 aromatic rings. The van der Waals surface area contributed by atoms with E-state index in [9.17, 15) is 15.0 Å². The van der Waals surface area contributed by atoms with E-state index in [2.05, 4.69) is 10.6 Å². The van der Waals surface area contributed by atoms with E-state index in [0.717, 1.165) is 18.4 Å². The van der Waals surface area contributed by atoms with E-state index in [-0.39, 0.29) is 45.5 Å². The lowest BCUT2D eigenvalue weighted by atomic mass is 9.82. The summed E-state index contributed by atoms with van der Waals surface area (Å²) in [6, 6.07) is 12.6. The summed E-state index contributed by atoms with van der Waals surface area (Å²) in [4.78, 5) is 13.1. The van der Waals surface area contributed by atoms with E-state index < -0.39 is 34.8 Å². The second-order valence-corrected chi connectivity index (χ2v) is 12.5. The van der Waals surface area contributed by atoms with E-state index in [4.69, 9.17) is 16.3 Å². The standard InChI is InChI=1S/C33H35ClF2N2O4/c1-32(41)12-10-20(11-13-32)38-17-33(19-6-4-3-5-7-19)16-22-25(42-33)15-23(35)29(34)27(22)28-21(31(40)37-2)14-18-8-9-24(39)26(18)30(28)36/h3-7,14-15,20,24,38-39,41H,8-13,16-17H2,1-2H3,(H,37,40)/t20?,24-,32?,33+/m0/s1. The Kier molecular flexibility index (Phi) is 7.54. The van der Waals surface area contributed by atoms with Gasteiger partial charge in [-0.3, -0.25) is 4.79 Å². The molecule has 0 saturated heterocycles. The highest BCUT2D eigenvalue weighted by molar-refractivity contribution is 6.34. The van der Waals surface area contributed by atoms with Crippen molar-refractivity contribution < 1.29 is 28.5 Å². The van der Waals surface area contributed by atoms with Gasteiger partial charge in [-0.15, -0.1) is 0 Å². The SMILES string of the molecule is CNC(=O)c1cc2c(c(F)c1-c1c(Cl)c(F)cc3c1C[C@@](CNC1CCC(C)(O)CC1)(c1ccccc1)O3)[C@@H](O)CC2. The predicted octanol–water partition coefficient (Wildman–Crippen LogP) is 5.74. The van der Waals surface area contributed by atoms with Crippen molar-refractivity contribution in [3.8, 4) is 16.9 Å². The fraction of sp³-hybridized carbons (Fsp3) is 0.424. The number of amides is 1. The van der Waals surface area contributed by atoms with E-state index in [1.165, 1.54) is 13.1 Å². The minimum absolute atomic E-state index is 0.0298. The van der Waals surface area contributed by atoms with E-state index in [0.29, 0.717) is 43.4 Å². The Hall–Kier alpha value is -3.04. The largest absolute Gasteiger partial charge is 0.480 e. The molecule has 1 saturated carbocycles. The number of halogens is 3. The second kappa shape index (κ2) is 10.9. The molecule has 0 spiro atoms. The number of benzene rings is 3. The van der Waals surface area contributed by atoms with Gasteiger partial charge in [-0.05, 0) is 62.6 Å². The molecule has 1 heterocycles. The van der Waals surface area contributed by atoms with Gasteiger partial charge in [-0.25, -0.2) is 8.78 Å². The zero-order valence-electron chi connectivity index (χ0n) is 23.7. The molecular formula is C33H35ClF2N2O4. The van der Waals surface area contributed by atoms with Crippen LogP contribution < -0.4 is 15.4 Å². The highest BCUT2D eigenvalue weighted by Gasteiger charge is 2.45. The number of rotatable bonds is 6. The smallest absolute Gasteiger partial charge is 0.251 e. The van der Waals surface area contributed by atoms with Gasteiger partial charge in [0.2, 0.25) is 0 Å². The minimum Gasteiger partial charge on any atom is -0.480 e. The molecule has 2 aliphatic carbocycles. The first kappa shape index (κ1) is 29.1. The Balaban J connectivity index is 1.47. The molecule has 42 heavy (non-hydrogen) atoms. The third-order valence-electron chi connectivity index (χ3n) is 9.22. The maximum Gasteiger partial charge on any atom is 0.251 e. The predicted molar refractivity (Wildman–Crippen MR) is 157 cm³/mol. The van der Waals surface area contributed by atoms with E-state index in [1.54, 1.807) is 6.07 Å². The number of fused-ring (bicyclic) bond motifs is 2. The van der Waals surface area contributed by atoms with E-state index in [1.807, 2.05) is 37.3 Å².